The maximum Gasteiger partial charge on any atom is 0.338 e. The van der Waals surface area contributed by atoms with Gasteiger partial charge in [0.05, 0.1) is 23.1 Å². The second-order valence-corrected chi connectivity index (χ2v) is 11.0. The van der Waals surface area contributed by atoms with Crippen molar-refractivity contribution < 1.29 is 28.7 Å². The number of esters is 1. The fourth-order valence-corrected chi connectivity index (χ4v) is 6.73. The Bertz CT molecular complexity index is 1490. The lowest BCUT2D eigenvalue weighted by atomic mass is 9.63. The monoisotopic (exact) mass is 533 g/mol. The molecule has 0 unspecified atom stereocenters. The van der Waals surface area contributed by atoms with Crippen LogP contribution in [0.25, 0.3) is 0 Å². The number of hydrogen-bond acceptors (Lipinski definition) is 6. The van der Waals surface area contributed by atoms with E-state index in [0.717, 1.165) is 12.0 Å². The average Bonchev–Trinajstić information content (AvgIpc) is 3.78. The van der Waals surface area contributed by atoms with Gasteiger partial charge in [0.1, 0.15) is 12.4 Å². The first-order valence-corrected chi connectivity index (χ1v) is 13.6. The Labute approximate surface area is 231 Å². The molecule has 0 spiro atoms. The number of anilines is 1. The van der Waals surface area contributed by atoms with Crippen LogP contribution >= 0.6 is 0 Å². The third-order valence-corrected chi connectivity index (χ3v) is 8.78. The molecule has 6 atom stereocenters. The van der Waals surface area contributed by atoms with E-state index in [0.29, 0.717) is 35.4 Å². The van der Waals surface area contributed by atoms with Gasteiger partial charge < -0.3 is 9.47 Å². The maximum absolute atomic E-state index is 13.3. The van der Waals surface area contributed by atoms with Gasteiger partial charge in [-0.25, -0.2) is 4.79 Å². The van der Waals surface area contributed by atoms with Crippen molar-refractivity contribution in [2.24, 2.45) is 35.5 Å². The molecule has 1 aliphatic heterocycles. The van der Waals surface area contributed by atoms with Crippen LogP contribution in [0.3, 0.4) is 0 Å². The number of nitrogens with zero attached hydrogens (tertiary/aromatic N) is 1. The number of allylic oxidation sites excluding steroid dienone is 2. The molecule has 5 aliphatic rings. The van der Waals surface area contributed by atoms with Crippen molar-refractivity contribution in [1.29, 1.82) is 0 Å². The van der Waals surface area contributed by atoms with Gasteiger partial charge in [0.15, 0.2) is 12.4 Å². The van der Waals surface area contributed by atoms with Crippen LogP contribution in [0.1, 0.15) is 32.7 Å². The van der Waals surface area contributed by atoms with Crippen molar-refractivity contribution in [3.63, 3.8) is 0 Å². The Morgan fingerprint density at radius 3 is 1.98 bits per heavy atom. The summed E-state index contributed by atoms with van der Waals surface area (Å²) in [5, 5.41) is 0. The van der Waals surface area contributed by atoms with Crippen molar-refractivity contribution in [3.05, 3.63) is 108 Å². The minimum atomic E-state index is -0.655. The number of carbonyl (C=O) groups excluding carboxylic acids is 4. The first-order valence-electron chi connectivity index (χ1n) is 13.6. The molecule has 7 nitrogen and oxygen atoms in total. The Balaban J connectivity index is 0.946. The summed E-state index contributed by atoms with van der Waals surface area (Å²) in [5.41, 5.74) is 2.14. The molecule has 3 aromatic carbocycles. The number of rotatable bonds is 8. The maximum atomic E-state index is 13.3. The Hall–Kier alpha value is -4.52. The van der Waals surface area contributed by atoms with Crippen molar-refractivity contribution in [2.45, 2.75) is 13.0 Å². The van der Waals surface area contributed by atoms with Gasteiger partial charge in [-0.1, -0.05) is 42.5 Å². The third kappa shape index (κ3) is 4.13. The van der Waals surface area contributed by atoms with Gasteiger partial charge in [0.25, 0.3) is 0 Å². The Kier molecular flexibility index (Phi) is 5.88. The van der Waals surface area contributed by atoms with E-state index in [4.69, 9.17) is 9.47 Å². The van der Waals surface area contributed by atoms with E-state index in [9.17, 15) is 19.2 Å². The smallest absolute Gasteiger partial charge is 0.338 e. The molecule has 40 heavy (non-hydrogen) atoms. The number of benzene rings is 3. The van der Waals surface area contributed by atoms with Crippen molar-refractivity contribution in [3.8, 4) is 5.75 Å². The minimum Gasteiger partial charge on any atom is -0.489 e. The SMILES string of the molecule is O=C(COC(=O)c1ccc(N2C(=O)[C@@H]3[C@@H]4C=C[C@H]([C@H]5C[C@H]45)[C@@H]3C2=O)cc1)c1ccc(OCc2ccccc2)cc1. The van der Waals surface area contributed by atoms with Gasteiger partial charge in [-0.2, -0.15) is 0 Å². The molecule has 3 aromatic rings. The van der Waals surface area contributed by atoms with E-state index in [1.54, 1.807) is 36.4 Å². The number of Topliss-reactive ketones (excluding diaryl/α,β-unsaturated/α-hetero) is 1. The molecule has 7 heteroatoms. The van der Waals surface area contributed by atoms with Gasteiger partial charge in [-0.15, -0.1) is 0 Å². The lowest BCUT2D eigenvalue weighted by molar-refractivity contribution is -0.124. The molecule has 2 saturated carbocycles. The Morgan fingerprint density at radius 1 is 0.750 bits per heavy atom. The third-order valence-electron chi connectivity index (χ3n) is 8.78. The van der Waals surface area contributed by atoms with Crippen LogP contribution < -0.4 is 9.64 Å². The minimum absolute atomic E-state index is 0.142. The predicted octanol–water partition coefficient (Wildman–Crippen LogP) is 4.86. The number of ketones is 1. The van der Waals surface area contributed by atoms with E-state index < -0.39 is 12.6 Å². The molecule has 3 fully saturated rings. The van der Waals surface area contributed by atoms with E-state index in [1.165, 1.54) is 17.0 Å². The molecule has 8 rings (SSSR count). The molecule has 0 aromatic heterocycles. The quantitative estimate of drug-likeness (QED) is 0.178. The summed E-state index contributed by atoms with van der Waals surface area (Å²) in [4.78, 5) is 53.1. The normalized spacial score (nSPS) is 27.2. The van der Waals surface area contributed by atoms with Gasteiger partial charge in [0.2, 0.25) is 11.8 Å². The van der Waals surface area contributed by atoms with Gasteiger partial charge in [-0.3, -0.25) is 19.3 Å². The van der Waals surface area contributed by atoms with E-state index in [1.807, 2.05) is 30.3 Å². The van der Waals surface area contributed by atoms with Gasteiger partial charge in [0, 0.05) is 5.56 Å². The van der Waals surface area contributed by atoms with Crippen LogP contribution in [0.15, 0.2) is 91.0 Å². The molecule has 1 heterocycles. The average molecular weight is 534 g/mol. The van der Waals surface area contributed by atoms with Crippen LogP contribution in [-0.4, -0.2) is 30.2 Å². The van der Waals surface area contributed by atoms with E-state index in [2.05, 4.69) is 12.2 Å². The van der Waals surface area contributed by atoms with Crippen LogP contribution in [0, 0.1) is 35.5 Å². The molecule has 2 bridgehead atoms. The first-order chi connectivity index (χ1) is 19.5. The molecule has 2 amide bonds. The standard InChI is InChI=1S/C33H27NO6/c35-28(20-8-12-23(13-9-20)39-17-19-4-2-1-3-5-19)18-40-33(38)21-6-10-22(11-7-21)34-31(36)29-24-14-15-25(27-16-26(24)27)30(29)32(34)37/h1-15,24-27,29-30H,16-18H2/t24-,25-,26-,27-,29-,30+/m1/s1. The number of hydrogen-bond donors (Lipinski definition) is 0. The zero-order valence-electron chi connectivity index (χ0n) is 21.6. The highest BCUT2D eigenvalue weighted by atomic mass is 16.5. The fraction of sp³-hybridized carbons (Fsp3) is 0.273. The van der Waals surface area contributed by atoms with Gasteiger partial charge in [-0.05, 0) is 84.2 Å². The molecule has 4 aliphatic carbocycles. The molecule has 1 saturated heterocycles. The lowest BCUT2D eigenvalue weighted by Crippen LogP contribution is -2.40. The van der Waals surface area contributed by atoms with Crippen LogP contribution in [0.2, 0.25) is 0 Å². The zero-order valence-corrected chi connectivity index (χ0v) is 21.6. The summed E-state index contributed by atoms with van der Waals surface area (Å²) in [6.07, 6.45) is 5.40. The summed E-state index contributed by atoms with van der Waals surface area (Å²) in [7, 11) is 0. The molecular weight excluding hydrogens is 506 g/mol. The van der Waals surface area contributed by atoms with Crippen molar-refractivity contribution in [1.82, 2.24) is 0 Å². The largest absolute Gasteiger partial charge is 0.489 e. The van der Waals surface area contributed by atoms with Crippen LogP contribution in [0.4, 0.5) is 5.69 Å². The van der Waals surface area contributed by atoms with Crippen molar-refractivity contribution in [2.75, 3.05) is 11.5 Å². The highest BCUT2D eigenvalue weighted by Gasteiger charge is 2.67. The highest BCUT2D eigenvalue weighted by molar-refractivity contribution is 6.22. The van der Waals surface area contributed by atoms with E-state index in [-0.39, 0.29) is 46.8 Å². The summed E-state index contributed by atoms with van der Waals surface area (Å²) in [6.45, 7) is 0.0142. The molecular formula is C33H27NO6. The van der Waals surface area contributed by atoms with Crippen LogP contribution in [-0.2, 0) is 20.9 Å². The van der Waals surface area contributed by atoms with Crippen molar-refractivity contribution >= 4 is 29.3 Å². The second kappa shape index (κ2) is 9.59. The summed E-state index contributed by atoms with van der Waals surface area (Å²) >= 11 is 0. The second-order valence-electron chi connectivity index (χ2n) is 11.0. The van der Waals surface area contributed by atoms with E-state index >= 15 is 0 Å². The summed E-state index contributed by atoms with van der Waals surface area (Å²) in [5.74, 6) is 0.212. The van der Waals surface area contributed by atoms with Crippen LogP contribution in [0.5, 0.6) is 5.75 Å². The van der Waals surface area contributed by atoms with Gasteiger partial charge >= 0.3 is 5.97 Å². The zero-order chi connectivity index (χ0) is 27.4. The molecule has 200 valence electrons. The fourth-order valence-electron chi connectivity index (χ4n) is 6.73. The highest BCUT2D eigenvalue weighted by Crippen LogP contribution is 2.65. The Morgan fingerprint density at radius 2 is 1.35 bits per heavy atom. The number of amides is 2. The number of carbonyl (C=O) groups is 4. The molecule has 0 radical (unpaired) electrons. The lowest BCUT2D eigenvalue weighted by Gasteiger charge is -2.37. The first kappa shape index (κ1) is 24.5. The summed E-state index contributed by atoms with van der Waals surface area (Å²) in [6, 6.07) is 22.7. The topological polar surface area (TPSA) is 90.0 Å². The summed E-state index contributed by atoms with van der Waals surface area (Å²) < 4.78 is 11.0. The predicted molar refractivity (Wildman–Crippen MR) is 145 cm³/mol. The molecule has 0 N–H and O–H groups in total. The number of ether oxygens (including phenoxy) is 2. The number of imide groups is 1.